The van der Waals surface area contributed by atoms with Gasteiger partial charge < -0.3 is 14.6 Å². The number of carbonyl (C=O) groups is 2. The van der Waals surface area contributed by atoms with Gasteiger partial charge in [0.1, 0.15) is 11.9 Å². The van der Waals surface area contributed by atoms with Crippen molar-refractivity contribution in [2.75, 3.05) is 18.0 Å². The summed E-state index contributed by atoms with van der Waals surface area (Å²) >= 11 is 0. The molecule has 8 heteroatoms. The summed E-state index contributed by atoms with van der Waals surface area (Å²) < 4.78 is 22.2. The van der Waals surface area contributed by atoms with Crippen LogP contribution in [0.4, 0.5) is 14.9 Å². The minimum atomic E-state index is -0.554. The van der Waals surface area contributed by atoms with Gasteiger partial charge in [-0.25, -0.2) is 14.2 Å². The minimum absolute atomic E-state index is 0.198. The lowest BCUT2D eigenvalue weighted by Gasteiger charge is -2.15. The van der Waals surface area contributed by atoms with E-state index in [4.69, 9.17) is 4.74 Å². The average Bonchev–Trinajstić information content (AvgIpc) is 3.32. The molecular formula is C23H23FN4O3. The maximum absolute atomic E-state index is 14.9. The number of cyclic esters (lactones) is 1. The average molecular weight is 422 g/mol. The van der Waals surface area contributed by atoms with Crippen LogP contribution in [0.2, 0.25) is 0 Å². The van der Waals surface area contributed by atoms with Crippen LogP contribution in [0.3, 0.4) is 0 Å². The molecule has 0 saturated carbocycles. The number of nitrogens with zero attached hydrogens (tertiary/aromatic N) is 3. The largest absolute Gasteiger partial charge is 0.442 e. The third-order valence-electron chi connectivity index (χ3n) is 5.26. The van der Waals surface area contributed by atoms with E-state index in [0.717, 1.165) is 16.8 Å². The first kappa shape index (κ1) is 20.6. The molecule has 0 bridgehead atoms. The Balaban J connectivity index is 1.47. The van der Waals surface area contributed by atoms with Crippen LogP contribution in [-0.4, -0.2) is 40.7 Å². The van der Waals surface area contributed by atoms with E-state index in [1.807, 2.05) is 42.0 Å². The highest BCUT2D eigenvalue weighted by Gasteiger charge is 2.32. The van der Waals surface area contributed by atoms with Crippen LogP contribution in [0.15, 0.2) is 55.0 Å². The molecule has 7 nitrogen and oxygen atoms in total. The lowest BCUT2D eigenvalue weighted by molar-refractivity contribution is -0.119. The van der Waals surface area contributed by atoms with E-state index < -0.39 is 18.0 Å². The van der Waals surface area contributed by atoms with Gasteiger partial charge in [-0.2, -0.15) is 0 Å². The third-order valence-corrected chi connectivity index (χ3v) is 5.26. The van der Waals surface area contributed by atoms with Gasteiger partial charge in [-0.1, -0.05) is 24.3 Å². The predicted molar refractivity (Wildman–Crippen MR) is 114 cm³/mol. The zero-order chi connectivity index (χ0) is 22.0. The van der Waals surface area contributed by atoms with Crippen molar-refractivity contribution in [1.82, 2.24) is 14.9 Å². The summed E-state index contributed by atoms with van der Waals surface area (Å²) in [5.41, 5.74) is 3.79. The summed E-state index contributed by atoms with van der Waals surface area (Å²) in [5, 5.41) is 2.62. The molecule has 160 valence electrons. The lowest BCUT2D eigenvalue weighted by Crippen LogP contribution is -2.33. The molecule has 0 aliphatic carbocycles. The number of ether oxygens (including phenoxy) is 1. The molecule has 0 spiro atoms. The number of amides is 2. The lowest BCUT2D eigenvalue weighted by atomic mass is 10.0. The zero-order valence-corrected chi connectivity index (χ0v) is 17.3. The molecule has 1 N–H and O–H groups in total. The van der Waals surface area contributed by atoms with Crippen LogP contribution in [0, 0.1) is 12.7 Å². The van der Waals surface area contributed by atoms with E-state index in [1.165, 1.54) is 17.9 Å². The summed E-state index contributed by atoms with van der Waals surface area (Å²) in [6.07, 6.45) is 2.57. The molecular weight excluding hydrogens is 399 g/mol. The second kappa shape index (κ2) is 8.59. The monoisotopic (exact) mass is 422 g/mol. The number of halogens is 1. The Morgan fingerprint density at radius 3 is 2.68 bits per heavy atom. The van der Waals surface area contributed by atoms with Gasteiger partial charge in [-0.15, -0.1) is 0 Å². The van der Waals surface area contributed by atoms with Gasteiger partial charge in [0.25, 0.3) is 0 Å². The van der Waals surface area contributed by atoms with Gasteiger partial charge in [-0.05, 0) is 36.2 Å². The van der Waals surface area contributed by atoms with Crippen molar-refractivity contribution in [3.8, 4) is 11.1 Å². The first-order chi connectivity index (χ1) is 14.9. The Kier molecular flexibility index (Phi) is 5.70. The van der Waals surface area contributed by atoms with Gasteiger partial charge >= 0.3 is 6.09 Å². The molecule has 0 unspecified atom stereocenters. The van der Waals surface area contributed by atoms with Crippen LogP contribution in [0.25, 0.3) is 11.1 Å². The van der Waals surface area contributed by atoms with E-state index in [1.54, 1.807) is 18.5 Å². The molecule has 2 heterocycles. The number of imidazole rings is 1. The maximum atomic E-state index is 14.9. The molecule has 3 aromatic rings. The fourth-order valence-electron chi connectivity index (χ4n) is 3.54. The normalized spacial score (nSPS) is 15.8. The standard InChI is InChI=1S/C23H23FN4O3/c1-15-10-25-14-27(15)12-17-3-5-18(6-4-17)21-8-7-19(9-22(21)24)28-13-20(31-23(28)30)11-26-16(2)29/h3-10,14,20H,11-13H2,1-2H3,(H,26,29)/t20-/m0/s1. The van der Waals surface area contributed by atoms with Gasteiger partial charge in [0.05, 0.1) is 25.1 Å². The SMILES string of the molecule is CC(=O)NC[C@H]1CN(c2ccc(-c3ccc(Cn4cncc4C)cc3)c(F)c2)C(=O)O1. The first-order valence-electron chi connectivity index (χ1n) is 9.99. The number of hydrogen-bond donors (Lipinski definition) is 1. The number of carbonyl (C=O) groups excluding carboxylic acids is 2. The van der Waals surface area contributed by atoms with Crippen molar-refractivity contribution in [3.05, 3.63) is 72.1 Å². The van der Waals surface area contributed by atoms with Crippen molar-refractivity contribution in [1.29, 1.82) is 0 Å². The predicted octanol–water partition coefficient (Wildman–Crippen LogP) is 3.51. The molecule has 31 heavy (non-hydrogen) atoms. The number of hydrogen-bond acceptors (Lipinski definition) is 4. The summed E-state index contributed by atoms with van der Waals surface area (Å²) in [5.74, 6) is -0.620. The Morgan fingerprint density at radius 2 is 2.03 bits per heavy atom. The first-order valence-corrected chi connectivity index (χ1v) is 9.99. The van der Waals surface area contributed by atoms with E-state index >= 15 is 0 Å². The maximum Gasteiger partial charge on any atom is 0.414 e. The molecule has 1 saturated heterocycles. The Labute approximate surface area is 179 Å². The molecule has 2 aromatic carbocycles. The number of anilines is 1. The second-order valence-electron chi connectivity index (χ2n) is 7.58. The quantitative estimate of drug-likeness (QED) is 0.660. The van der Waals surface area contributed by atoms with Crippen molar-refractivity contribution >= 4 is 17.7 Å². The van der Waals surface area contributed by atoms with E-state index in [-0.39, 0.29) is 19.0 Å². The van der Waals surface area contributed by atoms with Crippen molar-refractivity contribution in [2.45, 2.75) is 26.5 Å². The third kappa shape index (κ3) is 4.58. The number of benzene rings is 2. The Morgan fingerprint density at radius 1 is 1.26 bits per heavy atom. The van der Waals surface area contributed by atoms with E-state index in [2.05, 4.69) is 10.3 Å². The van der Waals surface area contributed by atoms with Crippen molar-refractivity contribution in [2.24, 2.45) is 0 Å². The van der Waals surface area contributed by atoms with Crippen LogP contribution in [-0.2, 0) is 16.1 Å². The highest BCUT2D eigenvalue weighted by Crippen LogP contribution is 2.29. The van der Waals surface area contributed by atoms with Gasteiger partial charge in [-0.3, -0.25) is 9.69 Å². The number of aryl methyl sites for hydroxylation is 1. The topological polar surface area (TPSA) is 76.5 Å². The molecule has 1 atom stereocenters. The van der Waals surface area contributed by atoms with Crippen molar-refractivity contribution < 1.29 is 18.7 Å². The van der Waals surface area contributed by atoms with E-state index in [9.17, 15) is 14.0 Å². The summed E-state index contributed by atoms with van der Waals surface area (Å²) in [7, 11) is 0. The highest BCUT2D eigenvalue weighted by atomic mass is 19.1. The molecule has 1 aromatic heterocycles. The van der Waals surface area contributed by atoms with E-state index in [0.29, 0.717) is 17.8 Å². The number of nitrogens with one attached hydrogen (secondary N) is 1. The summed E-state index contributed by atoms with van der Waals surface area (Å²) in [6.45, 7) is 4.57. The highest BCUT2D eigenvalue weighted by molar-refractivity contribution is 5.90. The van der Waals surface area contributed by atoms with Crippen molar-refractivity contribution in [3.63, 3.8) is 0 Å². The fraction of sp³-hybridized carbons (Fsp3) is 0.261. The minimum Gasteiger partial charge on any atom is -0.442 e. The summed E-state index contributed by atoms with van der Waals surface area (Å²) in [6, 6.07) is 12.4. The molecule has 1 aliphatic rings. The smallest absolute Gasteiger partial charge is 0.414 e. The Bertz CT molecular complexity index is 1110. The molecule has 0 radical (unpaired) electrons. The van der Waals surface area contributed by atoms with Crippen LogP contribution in [0.1, 0.15) is 18.2 Å². The second-order valence-corrected chi connectivity index (χ2v) is 7.58. The van der Waals surface area contributed by atoms with Gasteiger partial charge in [0.2, 0.25) is 5.91 Å². The summed E-state index contributed by atoms with van der Waals surface area (Å²) in [4.78, 5) is 28.7. The van der Waals surface area contributed by atoms with Gasteiger partial charge in [0.15, 0.2) is 0 Å². The number of rotatable bonds is 6. The molecule has 4 rings (SSSR count). The zero-order valence-electron chi connectivity index (χ0n) is 17.3. The fourth-order valence-corrected chi connectivity index (χ4v) is 3.54. The van der Waals surface area contributed by atoms with Crippen LogP contribution >= 0.6 is 0 Å². The van der Waals surface area contributed by atoms with Crippen LogP contribution in [0.5, 0.6) is 0 Å². The van der Waals surface area contributed by atoms with Gasteiger partial charge in [0, 0.05) is 30.9 Å². The Hall–Kier alpha value is -3.68. The molecule has 1 aliphatic heterocycles. The molecule has 1 fully saturated rings. The van der Waals surface area contributed by atoms with Crippen LogP contribution < -0.4 is 10.2 Å². The molecule has 2 amide bonds. The number of aromatic nitrogens is 2.